The quantitative estimate of drug-likeness (QED) is 0.502. The van der Waals surface area contributed by atoms with E-state index in [9.17, 15) is 18.0 Å². The molecule has 0 unspecified atom stereocenters. The number of carbonyl (C=O) groups is 2. The molecule has 0 aliphatic heterocycles. The molecule has 2 amide bonds. The molecule has 0 atom stereocenters. The molecule has 11 heteroatoms. The van der Waals surface area contributed by atoms with Crippen LogP contribution < -0.4 is 10.0 Å². The molecular formula is C24H24ClN3O6S. The van der Waals surface area contributed by atoms with E-state index in [0.29, 0.717) is 22.4 Å². The van der Waals surface area contributed by atoms with Crippen LogP contribution >= 0.6 is 11.6 Å². The van der Waals surface area contributed by atoms with Crippen LogP contribution in [-0.4, -0.2) is 31.3 Å². The Kier molecular flexibility index (Phi) is 5.23. The van der Waals surface area contributed by atoms with Crippen LogP contribution in [0.25, 0.3) is 11.1 Å². The minimum absolute atomic E-state index is 0.0771. The number of hydrogen-bond acceptors (Lipinski definition) is 7. The predicted octanol–water partition coefficient (Wildman–Crippen LogP) is 4.14. The summed E-state index contributed by atoms with van der Waals surface area (Å²) in [7, 11) is -4.16. The molecule has 2 heterocycles. The second-order valence-corrected chi connectivity index (χ2v) is 12.0. The zero-order valence-electron chi connectivity index (χ0n) is 18.8. The van der Waals surface area contributed by atoms with Gasteiger partial charge < -0.3 is 14.2 Å². The predicted molar refractivity (Wildman–Crippen MR) is 125 cm³/mol. The van der Waals surface area contributed by atoms with Crippen LogP contribution in [0.3, 0.4) is 0 Å². The Hall–Kier alpha value is -2.85. The average molecular weight is 518 g/mol. The van der Waals surface area contributed by atoms with E-state index < -0.39 is 32.3 Å². The second-order valence-electron chi connectivity index (χ2n) is 10.00. The van der Waals surface area contributed by atoms with Crippen molar-refractivity contribution in [2.24, 2.45) is 11.3 Å². The van der Waals surface area contributed by atoms with Crippen molar-refractivity contribution in [1.82, 2.24) is 15.0 Å². The summed E-state index contributed by atoms with van der Waals surface area (Å²) >= 11 is 6.03. The lowest BCUT2D eigenvalue weighted by molar-refractivity contribution is -0.162. The number of fused-ring (bicyclic) bond motifs is 1. The Morgan fingerprint density at radius 3 is 2.46 bits per heavy atom. The van der Waals surface area contributed by atoms with Gasteiger partial charge in [-0.15, -0.1) is 0 Å². The van der Waals surface area contributed by atoms with Gasteiger partial charge in [0.2, 0.25) is 11.0 Å². The molecule has 2 aromatic heterocycles. The molecular weight excluding hydrogens is 494 g/mol. The summed E-state index contributed by atoms with van der Waals surface area (Å²) in [6.07, 6.45) is 5.24. The Morgan fingerprint density at radius 1 is 1.03 bits per heavy atom. The third-order valence-corrected chi connectivity index (χ3v) is 9.03. The molecule has 9 nitrogen and oxygen atoms in total. The molecule has 3 aromatic rings. The van der Waals surface area contributed by atoms with Gasteiger partial charge in [-0.3, -0.25) is 9.59 Å². The maximum atomic E-state index is 12.7. The first-order valence-corrected chi connectivity index (χ1v) is 13.6. The lowest BCUT2D eigenvalue weighted by atomic mass is 9.44. The summed E-state index contributed by atoms with van der Waals surface area (Å²) in [6.45, 7) is 0. The molecule has 35 heavy (non-hydrogen) atoms. The SMILES string of the molecule is O=C(NC1CCC(c2nc3cc(Cl)ccc3o2)CC1)c1ccc(S(=O)(=O)NC(=O)C23CC(C2)C3)o1. The summed E-state index contributed by atoms with van der Waals surface area (Å²) in [4.78, 5) is 29.6. The Bertz CT molecular complexity index is 1420. The third-order valence-electron chi connectivity index (χ3n) is 7.59. The number of hydrogen-bond donors (Lipinski definition) is 2. The number of rotatable bonds is 6. The van der Waals surface area contributed by atoms with Crippen LogP contribution in [0.5, 0.6) is 0 Å². The van der Waals surface area contributed by atoms with Crippen LogP contribution in [0.1, 0.15) is 67.3 Å². The summed E-state index contributed by atoms with van der Waals surface area (Å²) in [5.74, 6) is 0.291. The number of aromatic nitrogens is 1. The van der Waals surface area contributed by atoms with Crippen LogP contribution in [0, 0.1) is 11.3 Å². The van der Waals surface area contributed by atoms with E-state index in [0.717, 1.165) is 50.5 Å². The molecule has 184 valence electrons. The first-order valence-electron chi connectivity index (χ1n) is 11.7. The zero-order valence-corrected chi connectivity index (χ0v) is 20.3. The fraction of sp³-hybridized carbons (Fsp3) is 0.458. The van der Waals surface area contributed by atoms with Gasteiger partial charge in [-0.2, -0.15) is 8.42 Å². The van der Waals surface area contributed by atoms with Gasteiger partial charge in [-0.05, 0) is 81.2 Å². The largest absolute Gasteiger partial charge is 0.440 e. The number of carbonyl (C=O) groups excluding carboxylic acids is 2. The van der Waals surface area contributed by atoms with Crippen molar-refractivity contribution >= 4 is 44.5 Å². The summed E-state index contributed by atoms with van der Waals surface area (Å²) < 4.78 is 38.4. The molecule has 2 bridgehead atoms. The normalized spacial score (nSPS) is 27.6. The van der Waals surface area contributed by atoms with Crippen molar-refractivity contribution in [2.75, 3.05) is 0 Å². The van der Waals surface area contributed by atoms with E-state index in [4.69, 9.17) is 20.4 Å². The first-order chi connectivity index (χ1) is 16.7. The van der Waals surface area contributed by atoms with Gasteiger partial charge in [0.25, 0.3) is 15.9 Å². The molecule has 4 aliphatic rings. The number of furan rings is 1. The van der Waals surface area contributed by atoms with Crippen LogP contribution in [0.4, 0.5) is 0 Å². The Balaban J connectivity index is 1.04. The third kappa shape index (κ3) is 4.02. The van der Waals surface area contributed by atoms with Gasteiger partial charge in [0.05, 0.1) is 5.41 Å². The standard InChI is InChI=1S/C24H24ClN3O6S/c25-15-3-6-18-17(9-15)27-22(34-18)14-1-4-16(5-2-14)26-21(29)19-7-8-20(33-19)35(31,32)28-23(30)24-10-13(11-24)12-24/h3,6-9,13-14,16H,1-2,4-5,10-12H2,(H,26,29)(H,28,30). The fourth-order valence-corrected chi connectivity index (χ4v) is 6.63. The van der Waals surface area contributed by atoms with E-state index in [1.54, 1.807) is 18.2 Å². The maximum Gasteiger partial charge on any atom is 0.297 e. The molecule has 2 N–H and O–H groups in total. The highest BCUT2D eigenvalue weighted by Gasteiger charge is 2.62. The zero-order chi connectivity index (χ0) is 24.4. The molecule has 4 aliphatic carbocycles. The first kappa shape index (κ1) is 22.6. The van der Waals surface area contributed by atoms with Crippen LogP contribution in [-0.2, 0) is 14.8 Å². The Labute approximate surface area is 206 Å². The van der Waals surface area contributed by atoms with Gasteiger partial charge in [0.15, 0.2) is 17.2 Å². The van der Waals surface area contributed by atoms with Crippen molar-refractivity contribution in [1.29, 1.82) is 0 Å². The number of halogens is 1. The fourth-order valence-electron chi connectivity index (χ4n) is 5.46. The Morgan fingerprint density at radius 2 is 1.77 bits per heavy atom. The van der Waals surface area contributed by atoms with E-state index in [1.807, 2.05) is 0 Å². The summed E-state index contributed by atoms with van der Waals surface area (Å²) in [6, 6.07) is 7.77. The van der Waals surface area contributed by atoms with E-state index in [-0.39, 0.29) is 17.7 Å². The van der Waals surface area contributed by atoms with Crippen molar-refractivity contribution in [3.63, 3.8) is 0 Å². The molecule has 0 spiro atoms. The molecule has 4 fully saturated rings. The van der Waals surface area contributed by atoms with Crippen molar-refractivity contribution < 1.29 is 26.8 Å². The number of nitrogens with one attached hydrogen (secondary N) is 2. The van der Waals surface area contributed by atoms with Crippen molar-refractivity contribution in [3.8, 4) is 0 Å². The summed E-state index contributed by atoms with van der Waals surface area (Å²) in [5.41, 5.74) is 0.893. The number of sulfonamides is 1. The number of nitrogens with zero attached hydrogens (tertiary/aromatic N) is 1. The molecule has 0 radical (unpaired) electrons. The van der Waals surface area contributed by atoms with Crippen LogP contribution in [0.15, 0.2) is 44.3 Å². The highest BCUT2D eigenvalue weighted by Crippen LogP contribution is 2.64. The van der Waals surface area contributed by atoms with Crippen molar-refractivity contribution in [3.05, 3.63) is 47.0 Å². The molecule has 4 saturated carbocycles. The smallest absolute Gasteiger partial charge is 0.297 e. The monoisotopic (exact) mass is 517 g/mol. The van der Waals surface area contributed by atoms with E-state index >= 15 is 0 Å². The van der Waals surface area contributed by atoms with Crippen LogP contribution in [0.2, 0.25) is 5.02 Å². The van der Waals surface area contributed by atoms with Gasteiger partial charge >= 0.3 is 0 Å². The molecule has 7 rings (SSSR count). The van der Waals surface area contributed by atoms with E-state index in [2.05, 4.69) is 15.0 Å². The second kappa shape index (κ2) is 8.09. The number of amides is 2. The minimum atomic E-state index is -4.16. The average Bonchev–Trinajstić information content (AvgIpc) is 3.39. The summed E-state index contributed by atoms with van der Waals surface area (Å²) in [5, 5.41) is 3.08. The van der Waals surface area contributed by atoms with Gasteiger partial charge in [-0.1, -0.05) is 11.6 Å². The highest BCUT2D eigenvalue weighted by molar-refractivity contribution is 7.89. The maximum absolute atomic E-state index is 12.7. The topological polar surface area (TPSA) is 132 Å². The lowest BCUT2D eigenvalue weighted by Gasteiger charge is -2.59. The van der Waals surface area contributed by atoms with Gasteiger partial charge in [-0.25, -0.2) is 9.71 Å². The molecule has 1 aromatic carbocycles. The van der Waals surface area contributed by atoms with Gasteiger partial charge in [0.1, 0.15) is 5.52 Å². The van der Waals surface area contributed by atoms with E-state index in [1.165, 1.54) is 12.1 Å². The minimum Gasteiger partial charge on any atom is -0.440 e. The highest BCUT2D eigenvalue weighted by atomic mass is 35.5. The van der Waals surface area contributed by atoms with Crippen molar-refractivity contribution in [2.45, 2.75) is 62.0 Å². The van der Waals surface area contributed by atoms with Gasteiger partial charge in [0, 0.05) is 17.0 Å². The number of benzene rings is 1. The molecule has 0 saturated heterocycles. The lowest BCUT2D eigenvalue weighted by Crippen LogP contribution is -2.61. The number of oxazole rings is 1.